The quantitative estimate of drug-likeness (QED) is 0.860. The summed E-state index contributed by atoms with van der Waals surface area (Å²) in [7, 11) is 0. The minimum Gasteiger partial charge on any atom is -0.316 e. The first-order chi connectivity index (χ1) is 8.18. The lowest BCUT2D eigenvalue weighted by molar-refractivity contribution is 0.189. The summed E-state index contributed by atoms with van der Waals surface area (Å²) in [6.07, 6.45) is 0.594. The lowest BCUT2D eigenvalue weighted by Crippen LogP contribution is -2.36. The predicted molar refractivity (Wildman–Crippen MR) is 60.6 cm³/mol. The molecule has 0 saturated carbocycles. The molecule has 1 fully saturated rings. The molecule has 94 valence electrons. The molecule has 1 aliphatic heterocycles. The summed E-state index contributed by atoms with van der Waals surface area (Å²) < 4.78 is 40.3. The monoisotopic (exact) mass is 243 g/mol. The van der Waals surface area contributed by atoms with Gasteiger partial charge in [0.25, 0.3) is 0 Å². The smallest absolute Gasteiger partial charge is 0.162 e. The molecule has 0 aliphatic carbocycles. The third-order valence-electron chi connectivity index (χ3n) is 3.29. The first-order valence-corrected chi connectivity index (χ1v) is 5.96. The van der Waals surface area contributed by atoms with Crippen LogP contribution in [0.4, 0.5) is 13.2 Å². The van der Waals surface area contributed by atoms with Crippen LogP contribution in [-0.2, 0) is 6.42 Å². The van der Waals surface area contributed by atoms with Crippen LogP contribution in [0.5, 0.6) is 0 Å². The molecule has 1 nitrogen and oxygen atoms in total. The normalized spacial score (nSPS) is 22.4. The van der Waals surface area contributed by atoms with E-state index in [2.05, 4.69) is 5.32 Å². The van der Waals surface area contributed by atoms with Crippen molar-refractivity contribution in [2.75, 3.05) is 13.1 Å². The number of halogens is 3. The second kappa shape index (κ2) is 5.54. The van der Waals surface area contributed by atoms with Crippen molar-refractivity contribution in [2.45, 2.75) is 25.4 Å². The molecule has 1 aromatic carbocycles. The lowest BCUT2D eigenvalue weighted by Gasteiger charge is -2.26. The highest BCUT2D eigenvalue weighted by molar-refractivity contribution is 5.19. The Morgan fingerprint density at radius 3 is 2.88 bits per heavy atom. The van der Waals surface area contributed by atoms with Crippen LogP contribution in [0.3, 0.4) is 0 Å². The molecule has 4 heteroatoms. The van der Waals surface area contributed by atoms with Gasteiger partial charge in [-0.25, -0.2) is 13.2 Å². The van der Waals surface area contributed by atoms with Crippen LogP contribution in [0, 0.1) is 17.6 Å². The first-order valence-electron chi connectivity index (χ1n) is 5.96. The van der Waals surface area contributed by atoms with E-state index in [4.69, 9.17) is 0 Å². The molecular formula is C13H16F3N. The summed E-state index contributed by atoms with van der Waals surface area (Å²) in [5.74, 6) is -1.91. The average Bonchev–Trinajstić information content (AvgIpc) is 2.36. The number of benzene rings is 1. The van der Waals surface area contributed by atoms with Gasteiger partial charge < -0.3 is 5.32 Å². The highest BCUT2D eigenvalue weighted by Crippen LogP contribution is 2.22. The van der Waals surface area contributed by atoms with Crippen molar-refractivity contribution < 1.29 is 13.2 Å². The van der Waals surface area contributed by atoms with Crippen LogP contribution in [0.25, 0.3) is 0 Å². The number of piperidine rings is 1. The number of nitrogens with one attached hydrogen (secondary N) is 1. The number of alkyl halides is 1. The van der Waals surface area contributed by atoms with E-state index in [0.717, 1.165) is 25.5 Å². The third kappa shape index (κ3) is 3.00. The Labute approximate surface area is 99.0 Å². The molecular weight excluding hydrogens is 227 g/mol. The molecule has 1 aromatic rings. The van der Waals surface area contributed by atoms with Crippen LogP contribution < -0.4 is 5.32 Å². The first kappa shape index (κ1) is 12.4. The molecule has 1 N–H and O–H groups in total. The molecule has 2 rings (SSSR count). The highest BCUT2D eigenvalue weighted by atomic mass is 19.2. The molecule has 0 radical (unpaired) electrons. The maximum absolute atomic E-state index is 14.0. The molecule has 0 amide bonds. The topological polar surface area (TPSA) is 12.0 Å². The zero-order valence-corrected chi connectivity index (χ0v) is 9.56. The van der Waals surface area contributed by atoms with Crippen LogP contribution in [0.2, 0.25) is 0 Å². The van der Waals surface area contributed by atoms with E-state index in [0.29, 0.717) is 6.54 Å². The van der Waals surface area contributed by atoms with Gasteiger partial charge in [-0.2, -0.15) is 0 Å². The fourth-order valence-electron chi connectivity index (χ4n) is 2.27. The Morgan fingerprint density at radius 2 is 2.18 bits per heavy atom. The molecule has 0 bridgehead atoms. The van der Waals surface area contributed by atoms with Crippen LogP contribution in [-0.4, -0.2) is 19.3 Å². The lowest BCUT2D eigenvalue weighted by atomic mass is 9.91. The van der Waals surface area contributed by atoms with Gasteiger partial charge in [-0.05, 0) is 31.0 Å². The highest BCUT2D eigenvalue weighted by Gasteiger charge is 2.24. The van der Waals surface area contributed by atoms with Crippen molar-refractivity contribution in [2.24, 2.45) is 5.92 Å². The fraction of sp³-hybridized carbons (Fsp3) is 0.538. The van der Waals surface area contributed by atoms with Gasteiger partial charge in [-0.3, -0.25) is 0 Å². The molecule has 1 aliphatic rings. The number of rotatable bonds is 3. The Balaban J connectivity index is 2.01. The van der Waals surface area contributed by atoms with E-state index in [-0.39, 0.29) is 17.9 Å². The van der Waals surface area contributed by atoms with Gasteiger partial charge in [-0.15, -0.1) is 0 Å². The summed E-state index contributed by atoms with van der Waals surface area (Å²) in [6.45, 7) is 1.54. The largest absolute Gasteiger partial charge is 0.316 e. The molecule has 1 saturated heterocycles. The SMILES string of the molecule is Fc1cccc(CC(F)C2CCCNC2)c1F. The van der Waals surface area contributed by atoms with Gasteiger partial charge in [0, 0.05) is 18.9 Å². The second-order valence-corrected chi connectivity index (χ2v) is 4.54. The second-order valence-electron chi connectivity index (χ2n) is 4.54. The van der Waals surface area contributed by atoms with Gasteiger partial charge in [0.05, 0.1) is 0 Å². The Kier molecular flexibility index (Phi) is 4.05. The van der Waals surface area contributed by atoms with Crippen molar-refractivity contribution in [1.82, 2.24) is 5.32 Å². The zero-order chi connectivity index (χ0) is 12.3. The minimum absolute atomic E-state index is 0.0457. The van der Waals surface area contributed by atoms with Crippen LogP contribution in [0.1, 0.15) is 18.4 Å². The molecule has 0 aromatic heterocycles. The standard InChI is InChI=1S/C13H16F3N/c14-11-5-1-3-9(13(11)16)7-12(15)10-4-2-6-17-8-10/h1,3,5,10,12,17H,2,4,6-8H2. The van der Waals surface area contributed by atoms with Crippen molar-refractivity contribution in [3.63, 3.8) is 0 Å². The Bertz CT molecular complexity index is 375. The van der Waals surface area contributed by atoms with E-state index in [1.165, 1.54) is 12.1 Å². The maximum Gasteiger partial charge on any atom is 0.162 e. The Hall–Kier alpha value is -1.03. The molecule has 1 heterocycles. The van der Waals surface area contributed by atoms with Gasteiger partial charge in [0.1, 0.15) is 6.17 Å². The van der Waals surface area contributed by atoms with E-state index < -0.39 is 17.8 Å². The Morgan fingerprint density at radius 1 is 1.35 bits per heavy atom. The van der Waals surface area contributed by atoms with E-state index >= 15 is 0 Å². The molecule has 2 unspecified atom stereocenters. The number of hydrogen-bond acceptors (Lipinski definition) is 1. The maximum atomic E-state index is 14.0. The van der Waals surface area contributed by atoms with Crippen molar-refractivity contribution in [3.05, 3.63) is 35.4 Å². The van der Waals surface area contributed by atoms with Gasteiger partial charge >= 0.3 is 0 Å². The summed E-state index contributed by atoms with van der Waals surface area (Å²) >= 11 is 0. The molecule has 0 spiro atoms. The van der Waals surface area contributed by atoms with Crippen LogP contribution >= 0.6 is 0 Å². The predicted octanol–water partition coefficient (Wildman–Crippen LogP) is 2.85. The zero-order valence-electron chi connectivity index (χ0n) is 9.56. The summed E-state index contributed by atoms with van der Waals surface area (Å²) in [5.41, 5.74) is 0.128. The van der Waals surface area contributed by atoms with E-state index in [1.54, 1.807) is 0 Å². The third-order valence-corrected chi connectivity index (χ3v) is 3.29. The van der Waals surface area contributed by atoms with Crippen molar-refractivity contribution in [1.29, 1.82) is 0 Å². The molecule has 17 heavy (non-hydrogen) atoms. The van der Waals surface area contributed by atoms with Gasteiger partial charge in [-0.1, -0.05) is 12.1 Å². The summed E-state index contributed by atoms with van der Waals surface area (Å²) in [5, 5.41) is 3.12. The van der Waals surface area contributed by atoms with Crippen molar-refractivity contribution >= 4 is 0 Å². The average molecular weight is 243 g/mol. The summed E-state index contributed by atoms with van der Waals surface area (Å²) in [6, 6.07) is 3.91. The number of hydrogen-bond donors (Lipinski definition) is 1. The van der Waals surface area contributed by atoms with E-state index in [9.17, 15) is 13.2 Å². The minimum atomic E-state index is -1.11. The van der Waals surface area contributed by atoms with Crippen LogP contribution in [0.15, 0.2) is 18.2 Å². The van der Waals surface area contributed by atoms with Gasteiger partial charge in [0.2, 0.25) is 0 Å². The van der Waals surface area contributed by atoms with E-state index in [1.807, 2.05) is 0 Å². The molecule has 2 atom stereocenters. The fourth-order valence-corrected chi connectivity index (χ4v) is 2.27. The van der Waals surface area contributed by atoms with Crippen molar-refractivity contribution in [3.8, 4) is 0 Å². The van der Waals surface area contributed by atoms with Gasteiger partial charge in [0.15, 0.2) is 11.6 Å². The summed E-state index contributed by atoms with van der Waals surface area (Å²) in [4.78, 5) is 0.